The van der Waals surface area contributed by atoms with Crippen molar-refractivity contribution < 1.29 is 14.6 Å². The number of ether oxygens (including phenoxy) is 1. The first-order valence-electron chi connectivity index (χ1n) is 10.4. The van der Waals surface area contributed by atoms with E-state index < -0.39 is 5.97 Å². The number of aliphatic hydroxyl groups is 1. The van der Waals surface area contributed by atoms with Gasteiger partial charge >= 0.3 is 5.97 Å². The van der Waals surface area contributed by atoms with Crippen LogP contribution in [0.4, 0.5) is 0 Å². The molecule has 154 valence electrons. The highest BCUT2D eigenvalue weighted by molar-refractivity contribution is 5.81. The fourth-order valence-corrected chi connectivity index (χ4v) is 3.63. The van der Waals surface area contributed by atoms with Crippen LogP contribution in [0.3, 0.4) is 0 Å². The van der Waals surface area contributed by atoms with Crippen LogP contribution in [0.1, 0.15) is 30.0 Å². The SMILES string of the molecule is C=CC(=O)OCc1cc(-c2ccc(-c3ccccc3)cc2CC)ccc1CCCO. The predicted molar refractivity (Wildman–Crippen MR) is 122 cm³/mol. The van der Waals surface area contributed by atoms with Crippen molar-refractivity contribution in [2.75, 3.05) is 6.61 Å². The van der Waals surface area contributed by atoms with Crippen molar-refractivity contribution in [2.45, 2.75) is 32.8 Å². The summed E-state index contributed by atoms with van der Waals surface area (Å²) in [6.07, 6.45) is 3.51. The zero-order valence-electron chi connectivity index (χ0n) is 17.4. The molecule has 0 heterocycles. The zero-order chi connectivity index (χ0) is 21.3. The van der Waals surface area contributed by atoms with Gasteiger partial charge in [0.05, 0.1) is 0 Å². The minimum atomic E-state index is -0.435. The minimum Gasteiger partial charge on any atom is -0.458 e. The molecular weight excluding hydrogens is 372 g/mol. The van der Waals surface area contributed by atoms with E-state index in [2.05, 4.69) is 74.2 Å². The lowest BCUT2D eigenvalue weighted by Gasteiger charge is -2.15. The van der Waals surface area contributed by atoms with Crippen LogP contribution in [-0.2, 0) is 29.0 Å². The molecule has 3 aromatic carbocycles. The predicted octanol–water partition coefficient (Wildman–Crippen LogP) is 5.74. The summed E-state index contributed by atoms with van der Waals surface area (Å²) in [5.74, 6) is -0.435. The van der Waals surface area contributed by atoms with E-state index in [9.17, 15) is 9.90 Å². The van der Waals surface area contributed by atoms with Gasteiger partial charge in [-0.05, 0) is 64.3 Å². The standard InChI is InChI=1S/C27H28O3/c1-3-20-17-23(21-9-6-5-7-10-21)14-15-26(20)24-13-12-22(11-8-16-28)25(18-24)19-30-27(29)4-2/h4-7,9-10,12-15,17-18,28H,2-3,8,11,16,19H2,1H3. The Labute approximate surface area is 178 Å². The van der Waals surface area contributed by atoms with Gasteiger partial charge in [-0.2, -0.15) is 0 Å². The zero-order valence-corrected chi connectivity index (χ0v) is 17.4. The lowest BCUT2D eigenvalue weighted by atomic mass is 9.91. The molecule has 0 saturated heterocycles. The number of aliphatic hydroxyl groups excluding tert-OH is 1. The number of aryl methyl sites for hydroxylation is 2. The highest BCUT2D eigenvalue weighted by Crippen LogP contribution is 2.31. The quantitative estimate of drug-likeness (QED) is 0.368. The molecule has 1 N–H and O–H groups in total. The summed E-state index contributed by atoms with van der Waals surface area (Å²) >= 11 is 0. The maximum atomic E-state index is 11.6. The van der Waals surface area contributed by atoms with Crippen molar-refractivity contribution in [2.24, 2.45) is 0 Å². The second kappa shape index (κ2) is 10.6. The fraction of sp³-hybridized carbons (Fsp3) is 0.222. The molecule has 0 aliphatic carbocycles. The van der Waals surface area contributed by atoms with Crippen LogP contribution in [0.25, 0.3) is 22.3 Å². The third-order valence-electron chi connectivity index (χ3n) is 5.25. The van der Waals surface area contributed by atoms with E-state index in [1.54, 1.807) is 0 Å². The number of rotatable bonds is 9. The smallest absolute Gasteiger partial charge is 0.330 e. The lowest BCUT2D eigenvalue weighted by Crippen LogP contribution is -2.04. The Morgan fingerprint density at radius 3 is 2.37 bits per heavy atom. The number of hydrogen-bond donors (Lipinski definition) is 1. The topological polar surface area (TPSA) is 46.5 Å². The van der Waals surface area contributed by atoms with Crippen molar-refractivity contribution in [3.8, 4) is 22.3 Å². The molecule has 0 aromatic heterocycles. The molecule has 0 amide bonds. The Bertz CT molecular complexity index is 1010. The van der Waals surface area contributed by atoms with Crippen molar-refractivity contribution in [3.05, 3.63) is 96.1 Å². The van der Waals surface area contributed by atoms with E-state index in [-0.39, 0.29) is 13.2 Å². The highest BCUT2D eigenvalue weighted by Gasteiger charge is 2.11. The second-order valence-corrected chi connectivity index (χ2v) is 7.21. The Morgan fingerprint density at radius 1 is 0.933 bits per heavy atom. The maximum Gasteiger partial charge on any atom is 0.330 e. The molecule has 0 atom stereocenters. The summed E-state index contributed by atoms with van der Waals surface area (Å²) in [4.78, 5) is 11.6. The molecule has 0 bridgehead atoms. The van der Waals surface area contributed by atoms with Crippen molar-refractivity contribution in [3.63, 3.8) is 0 Å². The number of carbonyl (C=O) groups excluding carboxylic acids is 1. The molecule has 0 aliphatic heterocycles. The molecule has 3 rings (SSSR count). The molecule has 3 aromatic rings. The molecule has 0 fully saturated rings. The summed E-state index contributed by atoms with van der Waals surface area (Å²) in [5.41, 5.74) is 8.01. The van der Waals surface area contributed by atoms with Crippen molar-refractivity contribution in [1.82, 2.24) is 0 Å². The third kappa shape index (κ3) is 5.25. The molecule has 3 heteroatoms. The summed E-state index contributed by atoms with van der Waals surface area (Å²) in [6, 6.07) is 23.2. The summed E-state index contributed by atoms with van der Waals surface area (Å²) in [6.45, 7) is 5.95. The first-order chi connectivity index (χ1) is 14.7. The monoisotopic (exact) mass is 400 g/mol. The number of hydrogen-bond acceptors (Lipinski definition) is 3. The van der Waals surface area contributed by atoms with E-state index in [1.165, 1.54) is 28.3 Å². The molecule has 30 heavy (non-hydrogen) atoms. The average molecular weight is 401 g/mol. The Morgan fingerprint density at radius 2 is 1.67 bits per heavy atom. The highest BCUT2D eigenvalue weighted by atomic mass is 16.5. The molecule has 0 radical (unpaired) electrons. The van der Waals surface area contributed by atoms with Crippen LogP contribution in [0.15, 0.2) is 79.4 Å². The summed E-state index contributed by atoms with van der Waals surface area (Å²) in [7, 11) is 0. The van der Waals surface area contributed by atoms with E-state index in [0.717, 1.165) is 29.5 Å². The van der Waals surface area contributed by atoms with Gasteiger partial charge in [0.2, 0.25) is 0 Å². The molecular formula is C27H28O3. The fourth-order valence-electron chi connectivity index (χ4n) is 3.63. The van der Waals surface area contributed by atoms with Crippen LogP contribution in [0.2, 0.25) is 0 Å². The summed E-state index contributed by atoms with van der Waals surface area (Å²) in [5, 5.41) is 9.20. The molecule has 0 aliphatic rings. The van der Waals surface area contributed by atoms with Gasteiger partial charge < -0.3 is 9.84 Å². The maximum absolute atomic E-state index is 11.6. The molecule has 0 spiro atoms. The first-order valence-corrected chi connectivity index (χ1v) is 10.4. The van der Waals surface area contributed by atoms with E-state index in [4.69, 9.17) is 4.74 Å². The number of esters is 1. The van der Waals surface area contributed by atoms with Crippen LogP contribution in [0, 0.1) is 0 Å². The van der Waals surface area contributed by atoms with Gasteiger partial charge in [-0.15, -0.1) is 0 Å². The first kappa shape index (κ1) is 21.5. The summed E-state index contributed by atoms with van der Waals surface area (Å²) < 4.78 is 5.30. The van der Waals surface area contributed by atoms with Crippen LogP contribution >= 0.6 is 0 Å². The molecule has 3 nitrogen and oxygen atoms in total. The van der Waals surface area contributed by atoms with Gasteiger partial charge in [-0.25, -0.2) is 4.79 Å². The Hall–Kier alpha value is -3.17. The van der Waals surface area contributed by atoms with Gasteiger partial charge in [0.25, 0.3) is 0 Å². The van der Waals surface area contributed by atoms with E-state index in [0.29, 0.717) is 6.42 Å². The number of carbonyl (C=O) groups is 1. The van der Waals surface area contributed by atoms with E-state index >= 15 is 0 Å². The minimum absolute atomic E-state index is 0.133. The van der Waals surface area contributed by atoms with Gasteiger partial charge in [-0.1, -0.05) is 74.2 Å². The molecule has 0 saturated carbocycles. The third-order valence-corrected chi connectivity index (χ3v) is 5.25. The second-order valence-electron chi connectivity index (χ2n) is 7.21. The Kier molecular flexibility index (Phi) is 7.58. The largest absolute Gasteiger partial charge is 0.458 e. The Balaban J connectivity index is 1.97. The van der Waals surface area contributed by atoms with Gasteiger partial charge in [0.1, 0.15) is 6.61 Å². The van der Waals surface area contributed by atoms with Crippen LogP contribution in [0.5, 0.6) is 0 Å². The number of benzene rings is 3. The normalized spacial score (nSPS) is 10.6. The molecule has 0 unspecified atom stereocenters. The van der Waals surface area contributed by atoms with Crippen LogP contribution < -0.4 is 0 Å². The van der Waals surface area contributed by atoms with Crippen molar-refractivity contribution >= 4 is 5.97 Å². The van der Waals surface area contributed by atoms with Crippen LogP contribution in [-0.4, -0.2) is 17.7 Å². The lowest BCUT2D eigenvalue weighted by molar-refractivity contribution is -0.138. The average Bonchev–Trinajstić information content (AvgIpc) is 2.81. The van der Waals surface area contributed by atoms with E-state index in [1.807, 2.05) is 6.07 Å². The van der Waals surface area contributed by atoms with Gasteiger partial charge in [-0.3, -0.25) is 0 Å². The van der Waals surface area contributed by atoms with Gasteiger partial charge in [0, 0.05) is 12.7 Å². The van der Waals surface area contributed by atoms with Crippen molar-refractivity contribution in [1.29, 1.82) is 0 Å². The van der Waals surface area contributed by atoms with Gasteiger partial charge in [0.15, 0.2) is 0 Å².